The number of rotatable bonds is 4. The highest BCUT2D eigenvalue weighted by Crippen LogP contribution is 2.31. The maximum absolute atomic E-state index is 6.28. The minimum absolute atomic E-state index is 0.431. The summed E-state index contributed by atoms with van der Waals surface area (Å²) in [6.45, 7) is 0. The van der Waals surface area contributed by atoms with Crippen LogP contribution in [0, 0.1) is 0 Å². The third kappa shape index (κ3) is 3.25. The van der Waals surface area contributed by atoms with Crippen LogP contribution in [0.25, 0.3) is 10.8 Å². The molecular formula is C20H16ClN5. The Labute approximate surface area is 155 Å². The number of hydrogen-bond acceptors (Lipinski definition) is 5. The largest absolute Gasteiger partial charge is 0.393 e. The van der Waals surface area contributed by atoms with Crippen LogP contribution in [0.3, 0.4) is 0 Å². The summed E-state index contributed by atoms with van der Waals surface area (Å²) in [6, 6.07) is 21.6. The van der Waals surface area contributed by atoms with Crippen LogP contribution in [0.15, 0.2) is 73.1 Å². The SMILES string of the molecule is Nc1c(Nc2cccc(Cl)c2)ncnc1Nc1cccc2ccccc12. The number of aromatic nitrogens is 2. The minimum atomic E-state index is 0.431. The molecule has 0 radical (unpaired) electrons. The number of anilines is 5. The summed E-state index contributed by atoms with van der Waals surface area (Å²) >= 11 is 6.03. The van der Waals surface area contributed by atoms with E-state index in [0.29, 0.717) is 22.3 Å². The first-order valence-electron chi connectivity index (χ1n) is 8.08. The zero-order chi connectivity index (χ0) is 17.9. The molecule has 1 heterocycles. The van der Waals surface area contributed by atoms with Crippen molar-refractivity contribution in [2.45, 2.75) is 0 Å². The lowest BCUT2D eigenvalue weighted by atomic mass is 10.1. The quantitative estimate of drug-likeness (QED) is 0.456. The van der Waals surface area contributed by atoms with Gasteiger partial charge in [-0.25, -0.2) is 9.97 Å². The fraction of sp³-hybridized carbons (Fsp3) is 0. The molecule has 4 rings (SSSR count). The molecule has 0 atom stereocenters. The van der Waals surface area contributed by atoms with Crippen LogP contribution in [-0.4, -0.2) is 9.97 Å². The molecule has 3 aromatic carbocycles. The summed E-state index contributed by atoms with van der Waals surface area (Å²) in [5.41, 5.74) is 8.45. The van der Waals surface area contributed by atoms with Gasteiger partial charge in [0.05, 0.1) is 0 Å². The van der Waals surface area contributed by atoms with Crippen molar-refractivity contribution < 1.29 is 0 Å². The van der Waals surface area contributed by atoms with Crippen LogP contribution in [-0.2, 0) is 0 Å². The molecule has 6 heteroatoms. The molecule has 4 N–H and O–H groups in total. The Morgan fingerprint density at radius 3 is 2.38 bits per heavy atom. The summed E-state index contributed by atoms with van der Waals surface area (Å²) in [7, 11) is 0. The molecule has 128 valence electrons. The number of nitrogens with one attached hydrogen (secondary N) is 2. The summed E-state index contributed by atoms with van der Waals surface area (Å²) in [5, 5.41) is 9.36. The van der Waals surface area contributed by atoms with Gasteiger partial charge in [0.2, 0.25) is 0 Å². The van der Waals surface area contributed by atoms with Crippen LogP contribution in [0.2, 0.25) is 5.02 Å². The van der Waals surface area contributed by atoms with Crippen molar-refractivity contribution in [1.82, 2.24) is 9.97 Å². The second-order valence-corrected chi connectivity index (χ2v) is 6.21. The average molecular weight is 362 g/mol. The molecule has 5 nitrogen and oxygen atoms in total. The van der Waals surface area contributed by atoms with Gasteiger partial charge in [0.1, 0.15) is 12.0 Å². The molecule has 1 aromatic heterocycles. The van der Waals surface area contributed by atoms with E-state index in [1.165, 1.54) is 6.33 Å². The zero-order valence-corrected chi connectivity index (χ0v) is 14.5. The van der Waals surface area contributed by atoms with Gasteiger partial charge >= 0.3 is 0 Å². The van der Waals surface area contributed by atoms with Gasteiger partial charge in [-0.3, -0.25) is 0 Å². The Kier molecular flexibility index (Phi) is 4.29. The van der Waals surface area contributed by atoms with Crippen LogP contribution in [0.5, 0.6) is 0 Å². The van der Waals surface area contributed by atoms with E-state index in [1.54, 1.807) is 6.07 Å². The molecule has 0 aliphatic rings. The molecule has 0 saturated carbocycles. The van der Waals surface area contributed by atoms with Crippen molar-refractivity contribution in [3.8, 4) is 0 Å². The molecule has 26 heavy (non-hydrogen) atoms. The molecule has 0 spiro atoms. The second kappa shape index (κ2) is 6.90. The Hall–Kier alpha value is -3.31. The summed E-state index contributed by atoms with van der Waals surface area (Å²) in [5.74, 6) is 1.06. The molecule has 0 amide bonds. The standard InChI is InChI=1S/C20H16ClN5/c21-14-7-4-8-15(11-14)25-19-18(22)20(24-12-23-19)26-17-10-3-6-13-5-1-2-9-16(13)17/h1-12H,22H2,(H2,23,24,25,26). The average Bonchev–Trinajstić information content (AvgIpc) is 2.65. The zero-order valence-electron chi connectivity index (χ0n) is 13.8. The van der Waals surface area contributed by atoms with Crippen LogP contribution in [0.1, 0.15) is 0 Å². The highest BCUT2D eigenvalue weighted by Gasteiger charge is 2.10. The van der Waals surface area contributed by atoms with Gasteiger partial charge in [0.15, 0.2) is 11.6 Å². The monoisotopic (exact) mass is 361 g/mol. The van der Waals surface area contributed by atoms with E-state index in [1.807, 2.05) is 42.5 Å². The lowest BCUT2D eigenvalue weighted by molar-refractivity contribution is 1.17. The Balaban J connectivity index is 1.67. The fourth-order valence-electron chi connectivity index (χ4n) is 2.76. The molecule has 0 fully saturated rings. The Morgan fingerprint density at radius 1 is 0.808 bits per heavy atom. The van der Waals surface area contributed by atoms with E-state index in [0.717, 1.165) is 22.1 Å². The van der Waals surface area contributed by atoms with Gasteiger partial charge in [-0.2, -0.15) is 0 Å². The number of benzene rings is 3. The van der Waals surface area contributed by atoms with Gasteiger partial charge in [-0.1, -0.05) is 54.1 Å². The van der Waals surface area contributed by atoms with E-state index < -0.39 is 0 Å². The smallest absolute Gasteiger partial charge is 0.159 e. The third-order valence-corrected chi connectivity index (χ3v) is 4.25. The van der Waals surface area contributed by atoms with Gasteiger partial charge in [0.25, 0.3) is 0 Å². The summed E-state index contributed by atoms with van der Waals surface area (Å²) < 4.78 is 0. The molecule has 4 aromatic rings. The summed E-state index contributed by atoms with van der Waals surface area (Å²) in [6.07, 6.45) is 1.47. The normalized spacial score (nSPS) is 10.7. The third-order valence-electron chi connectivity index (χ3n) is 4.01. The molecule has 0 bridgehead atoms. The second-order valence-electron chi connectivity index (χ2n) is 5.77. The van der Waals surface area contributed by atoms with Crippen molar-refractivity contribution in [3.63, 3.8) is 0 Å². The van der Waals surface area contributed by atoms with E-state index in [4.69, 9.17) is 17.3 Å². The highest BCUT2D eigenvalue weighted by molar-refractivity contribution is 6.30. The minimum Gasteiger partial charge on any atom is -0.393 e. The van der Waals surface area contributed by atoms with Gasteiger partial charge in [0, 0.05) is 21.8 Å². The topological polar surface area (TPSA) is 75.9 Å². The van der Waals surface area contributed by atoms with E-state index in [-0.39, 0.29) is 0 Å². The van der Waals surface area contributed by atoms with Crippen LogP contribution < -0.4 is 16.4 Å². The molecule has 0 aliphatic carbocycles. The highest BCUT2D eigenvalue weighted by atomic mass is 35.5. The first kappa shape index (κ1) is 16.2. The number of fused-ring (bicyclic) bond motifs is 1. The van der Waals surface area contributed by atoms with Crippen molar-refractivity contribution in [2.75, 3.05) is 16.4 Å². The van der Waals surface area contributed by atoms with Gasteiger partial charge in [-0.05, 0) is 29.7 Å². The predicted octanol–water partition coefficient (Wildman–Crippen LogP) is 5.35. The molecule has 0 saturated heterocycles. The van der Waals surface area contributed by atoms with Crippen molar-refractivity contribution in [3.05, 3.63) is 78.1 Å². The first-order valence-corrected chi connectivity index (χ1v) is 8.46. The van der Waals surface area contributed by atoms with Crippen LogP contribution in [0.4, 0.5) is 28.7 Å². The number of halogens is 1. The maximum atomic E-state index is 6.28. The Bertz CT molecular complexity index is 1080. The lowest BCUT2D eigenvalue weighted by Crippen LogP contribution is -2.05. The van der Waals surface area contributed by atoms with Crippen molar-refractivity contribution >= 4 is 51.1 Å². The number of hydrogen-bond donors (Lipinski definition) is 3. The van der Waals surface area contributed by atoms with Crippen LogP contribution >= 0.6 is 11.6 Å². The molecule has 0 aliphatic heterocycles. The molecular weight excluding hydrogens is 346 g/mol. The summed E-state index contributed by atoms with van der Waals surface area (Å²) in [4.78, 5) is 8.52. The Morgan fingerprint density at radius 2 is 1.54 bits per heavy atom. The van der Waals surface area contributed by atoms with Crippen molar-refractivity contribution in [1.29, 1.82) is 0 Å². The number of nitrogens with zero attached hydrogens (tertiary/aromatic N) is 2. The van der Waals surface area contributed by atoms with E-state index in [2.05, 4.69) is 38.8 Å². The fourth-order valence-corrected chi connectivity index (χ4v) is 2.95. The maximum Gasteiger partial charge on any atom is 0.159 e. The first-order chi connectivity index (χ1) is 12.7. The number of nitrogens with two attached hydrogens (primary N) is 1. The predicted molar refractivity (Wildman–Crippen MR) is 108 cm³/mol. The molecule has 0 unspecified atom stereocenters. The van der Waals surface area contributed by atoms with E-state index >= 15 is 0 Å². The van der Waals surface area contributed by atoms with E-state index in [9.17, 15) is 0 Å². The van der Waals surface area contributed by atoms with Gasteiger partial charge in [-0.15, -0.1) is 0 Å². The lowest BCUT2D eigenvalue weighted by Gasteiger charge is -2.14. The van der Waals surface area contributed by atoms with Crippen molar-refractivity contribution in [2.24, 2.45) is 0 Å². The number of nitrogen functional groups attached to an aromatic ring is 1. The van der Waals surface area contributed by atoms with Gasteiger partial charge < -0.3 is 16.4 Å².